The standard InChI is InChI=1S/C16H21N3O8S/c20-11-13-2-1-12(9-14(13)18(23)24)10-17-15(21)3-7-28-8-4-16(22)27-19-25-5-6-26-19/h1-2,9,20H,3-8,10-11H2,(H,17,21). The summed E-state index contributed by atoms with van der Waals surface area (Å²) in [5, 5.41) is 23.4. The van der Waals surface area contributed by atoms with Gasteiger partial charge in [0.2, 0.25) is 5.91 Å². The first-order valence-corrected chi connectivity index (χ1v) is 9.63. The molecule has 0 radical (unpaired) electrons. The number of amides is 1. The fourth-order valence-corrected chi connectivity index (χ4v) is 3.02. The average molecular weight is 415 g/mol. The van der Waals surface area contributed by atoms with Gasteiger partial charge in [0.15, 0.2) is 0 Å². The van der Waals surface area contributed by atoms with E-state index in [0.29, 0.717) is 35.7 Å². The predicted octanol–water partition coefficient (Wildman–Crippen LogP) is 0.854. The van der Waals surface area contributed by atoms with E-state index >= 15 is 0 Å². The second-order valence-corrected chi connectivity index (χ2v) is 6.85. The van der Waals surface area contributed by atoms with Crippen molar-refractivity contribution < 1.29 is 34.1 Å². The topological polar surface area (TPSA) is 140 Å². The number of thioether (sulfide) groups is 1. The number of benzene rings is 1. The highest BCUT2D eigenvalue weighted by Crippen LogP contribution is 2.20. The molecule has 1 saturated heterocycles. The second-order valence-electron chi connectivity index (χ2n) is 5.62. The number of nitro groups is 1. The van der Waals surface area contributed by atoms with Gasteiger partial charge in [-0.2, -0.15) is 11.8 Å². The van der Waals surface area contributed by atoms with Gasteiger partial charge in [-0.05, 0) is 11.6 Å². The van der Waals surface area contributed by atoms with Crippen molar-refractivity contribution in [3.63, 3.8) is 0 Å². The number of nitrogens with zero attached hydrogens (tertiary/aromatic N) is 2. The molecule has 1 fully saturated rings. The molecule has 154 valence electrons. The first-order chi connectivity index (χ1) is 13.5. The van der Waals surface area contributed by atoms with Crippen LogP contribution < -0.4 is 5.32 Å². The van der Waals surface area contributed by atoms with Crippen LogP contribution in [0, 0.1) is 10.1 Å². The Labute approximate surface area is 164 Å². The van der Waals surface area contributed by atoms with Gasteiger partial charge in [0.05, 0.1) is 23.5 Å². The zero-order valence-corrected chi connectivity index (χ0v) is 15.8. The van der Waals surface area contributed by atoms with Crippen LogP contribution in [0.5, 0.6) is 0 Å². The number of aliphatic hydroxyl groups excluding tert-OH is 1. The van der Waals surface area contributed by atoms with Gasteiger partial charge in [-0.25, -0.2) is 9.68 Å². The molecule has 0 aliphatic carbocycles. The summed E-state index contributed by atoms with van der Waals surface area (Å²) in [6, 6.07) is 4.42. The molecule has 0 saturated carbocycles. The van der Waals surface area contributed by atoms with Crippen LogP contribution in [0.3, 0.4) is 0 Å². The van der Waals surface area contributed by atoms with Crippen LogP contribution in [0.1, 0.15) is 24.0 Å². The van der Waals surface area contributed by atoms with E-state index < -0.39 is 17.5 Å². The van der Waals surface area contributed by atoms with Crippen molar-refractivity contribution in [3.05, 3.63) is 39.4 Å². The SMILES string of the molecule is O=C(CCSCCC(=O)ON1OCCO1)NCc1ccc(CO)c([N+](=O)[O-])c1. The molecule has 1 heterocycles. The molecule has 1 aromatic carbocycles. The van der Waals surface area contributed by atoms with E-state index in [1.54, 1.807) is 6.07 Å². The van der Waals surface area contributed by atoms with E-state index in [0.717, 1.165) is 0 Å². The molecule has 1 amide bonds. The number of rotatable bonds is 11. The molecule has 1 aliphatic heterocycles. The molecule has 0 atom stereocenters. The number of carbonyl (C=O) groups excluding carboxylic acids is 2. The van der Waals surface area contributed by atoms with Gasteiger partial charge < -0.3 is 15.3 Å². The van der Waals surface area contributed by atoms with Crippen molar-refractivity contribution in [1.29, 1.82) is 0 Å². The summed E-state index contributed by atoms with van der Waals surface area (Å²) in [6.45, 7) is 0.385. The number of hydrogen-bond donors (Lipinski definition) is 2. The van der Waals surface area contributed by atoms with Crippen LogP contribution in [-0.4, -0.2) is 52.0 Å². The lowest BCUT2D eigenvalue weighted by Gasteiger charge is -2.10. The molecule has 2 N–H and O–H groups in total. The van der Waals surface area contributed by atoms with Crippen LogP contribution in [-0.2, 0) is 37.3 Å². The van der Waals surface area contributed by atoms with Crippen molar-refractivity contribution in [1.82, 2.24) is 10.7 Å². The third kappa shape index (κ3) is 7.40. The van der Waals surface area contributed by atoms with Gasteiger partial charge in [-0.1, -0.05) is 6.07 Å². The Morgan fingerprint density at radius 3 is 2.68 bits per heavy atom. The van der Waals surface area contributed by atoms with Gasteiger partial charge >= 0.3 is 5.97 Å². The van der Waals surface area contributed by atoms with Crippen LogP contribution in [0.4, 0.5) is 5.69 Å². The molecule has 0 bridgehead atoms. The summed E-state index contributed by atoms with van der Waals surface area (Å²) < 4.78 is 0. The quantitative estimate of drug-likeness (QED) is 0.304. The van der Waals surface area contributed by atoms with Crippen LogP contribution in [0.25, 0.3) is 0 Å². The Kier molecular flexibility index (Phi) is 9.10. The first-order valence-electron chi connectivity index (χ1n) is 8.48. The van der Waals surface area contributed by atoms with Crippen molar-refractivity contribution in [2.24, 2.45) is 0 Å². The van der Waals surface area contributed by atoms with Gasteiger partial charge in [0, 0.05) is 30.5 Å². The number of hydrogen-bond acceptors (Lipinski definition) is 10. The molecule has 0 spiro atoms. The summed E-state index contributed by atoms with van der Waals surface area (Å²) in [4.78, 5) is 48.2. The van der Waals surface area contributed by atoms with E-state index in [-0.39, 0.29) is 36.5 Å². The molecule has 11 nitrogen and oxygen atoms in total. The zero-order chi connectivity index (χ0) is 20.4. The highest BCUT2D eigenvalue weighted by Gasteiger charge is 2.18. The predicted molar refractivity (Wildman–Crippen MR) is 97.3 cm³/mol. The molecule has 1 aliphatic rings. The highest BCUT2D eigenvalue weighted by atomic mass is 32.2. The van der Waals surface area contributed by atoms with Crippen molar-refractivity contribution in [2.45, 2.75) is 26.0 Å². The van der Waals surface area contributed by atoms with E-state index in [1.807, 2.05) is 0 Å². The summed E-state index contributed by atoms with van der Waals surface area (Å²) in [5.41, 5.74) is 0.610. The van der Waals surface area contributed by atoms with Gasteiger partial charge in [0.25, 0.3) is 5.69 Å². The lowest BCUT2D eigenvalue weighted by molar-refractivity contribution is -0.460. The van der Waals surface area contributed by atoms with Crippen LogP contribution in [0.15, 0.2) is 18.2 Å². The maximum absolute atomic E-state index is 11.9. The van der Waals surface area contributed by atoms with Crippen molar-refractivity contribution in [3.8, 4) is 0 Å². The number of nitro benzene ring substituents is 1. The Balaban J connectivity index is 1.60. The van der Waals surface area contributed by atoms with Gasteiger partial charge in [0.1, 0.15) is 18.6 Å². The Bertz CT molecular complexity index is 696. The molecule has 0 aromatic heterocycles. The minimum Gasteiger partial charge on any atom is -0.391 e. The molecule has 0 unspecified atom stereocenters. The van der Waals surface area contributed by atoms with E-state index in [4.69, 9.17) is 19.6 Å². The molecular formula is C16H21N3O8S. The highest BCUT2D eigenvalue weighted by molar-refractivity contribution is 7.99. The normalized spacial score (nSPS) is 14.0. The monoisotopic (exact) mass is 415 g/mol. The molecular weight excluding hydrogens is 394 g/mol. The summed E-state index contributed by atoms with van der Waals surface area (Å²) in [7, 11) is 0. The van der Waals surface area contributed by atoms with Gasteiger partial charge in [-0.15, -0.1) is 0 Å². The average Bonchev–Trinajstić information content (AvgIpc) is 3.18. The molecule has 2 rings (SSSR count). The van der Waals surface area contributed by atoms with Gasteiger partial charge in [-0.3, -0.25) is 19.7 Å². The lowest BCUT2D eigenvalue weighted by Crippen LogP contribution is -2.23. The van der Waals surface area contributed by atoms with E-state index in [9.17, 15) is 19.7 Å². The van der Waals surface area contributed by atoms with Crippen molar-refractivity contribution in [2.75, 3.05) is 24.7 Å². The summed E-state index contributed by atoms with van der Waals surface area (Å²) in [5.74, 6) is 0.295. The zero-order valence-electron chi connectivity index (χ0n) is 15.0. The van der Waals surface area contributed by atoms with Crippen molar-refractivity contribution >= 4 is 29.3 Å². The number of carbonyl (C=O) groups is 2. The smallest absolute Gasteiger partial charge is 0.331 e. The maximum Gasteiger partial charge on any atom is 0.331 e. The maximum atomic E-state index is 11.9. The first kappa shape index (κ1) is 22.0. The largest absolute Gasteiger partial charge is 0.391 e. The Hall–Kier alpha value is -2.25. The molecule has 28 heavy (non-hydrogen) atoms. The van der Waals surface area contributed by atoms with E-state index in [2.05, 4.69) is 5.32 Å². The summed E-state index contributed by atoms with van der Waals surface area (Å²) in [6.07, 6.45) is 0.394. The third-order valence-electron chi connectivity index (χ3n) is 3.58. The van der Waals surface area contributed by atoms with Crippen LogP contribution in [0.2, 0.25) is 0 Å². The fraction of sp³-hybridized carbons (Fsp3) is 0.500. The Morgan fingerprint density at radius 1 is 1.29 bits per heavy atom. The molecule has 1 aromatic rings. The Morgan fingerprint density at radius 2 is 2.00 bits per heavy atom. The second kappa shape index (κ2) is 11.6. The number of aliphatic hydroxyl groups is 1. The minimum absolute atomic E-state index is 0.149. The van der Waals surface area contributed by atoms with E-state index in [1.165, 1.54) is 23.9 Å². The third-order valence-corrected chi connectivity index (χ3v) is 4.57. The lowest BCUT2D eigenvalue weighted by atomic mass is 10.1. The molecule has 12 heteroatoms. The van der Waals surface area contributed by atoms with Crippen LogP contribution >= 0.6 is 11.8 Å². The number of nitrogens with one attached hydrogen (secondary N) is 1. The minimum atomic E-state index is -0.569. The fourth-order valence-electron chi connectivity index (χ4n) is 2.18. The summed E-state index contributed by atoms with van der Waals surface area (Å²) >= 11 is 1.42.